The van der Waals surface area contributed by atoms with Gasteiger partial charge < -0.3 is 20.3 Å². The fourth-order valence-corrected chi connectivity index (χ4v) is 3.53. The molecule has 0 unspecified atom stereocenters. The molecule has 0 saturated heterocycles. The SMILES string of the molecule is NC1=CN(c2ccc3c(=O)c(C(=O)O)cn(C4CC4)c3c2Cl)CC=C1. The summed E-state index contributed by atoms with van der Waals surface area (Å²) in [5, 5.41) is 10.1. The minimum atomic E-state index is -1.22. The van der Waals surface area contributed by atoms with Crippen LogP contribution in [0.5, 0.6) is 0 Å². The molecule has 7 heteroatoms. The van der Waals surface area contributed by atoms with Crippen molar-refractivity contribution in [1.29, 1.82) is 0 Å². The Morgan fingerprint density at radius 1 is 1.32 bits per heavy atom. The fourth-order valence-electron chi connectivity index (χ4n) is 3.16. The summed E-state index contributed by atoms with van der Waals surface area (Å²) >= 11 is 6.66. The lowest BCUT2D eigenvalue weighted by molar-refractivity contribution is 0.0695. The van der Waals surface area contributed by atoms with E-state index in [2.05, 4.69) is 0 Å². The third-order valence-electron chi connectivity index (χ3n) is 4.51. The van der Waals surface area contributed by atoms with Crippen molar-refractivity contribution < 1.29 is 9.90 Å². The fraction of sp³-hybridized carbons (Fsp3) is 0.222. The Kier molecular flexibility index (Phi) is 3.58. The summed E-state index contributed by atoms with van der Waals surface area (Å²) in [4.78, 5) is 25.9. The van der Waals surface area contributed by atoms with Gasteiger partial charge in [0.25, 0.3) is 0 Å². The van der Waals surface area contributed by atoms with Crippen molar-refractivity contribution in [3.8, 4) is 0 Å². The zero-order valence-corrected chi connectivity index (χ0v) is 14.0. The van der Waals surface area contributed by atoms with Gasteiger partial charge in [-0.05, 0) is 31.1 Å². The lowest BCUT2D eigenvalue weighted by Crippen LogP contribution is -2.23. The molecule has 1 fully saturated rings. The molecule has 0 amide bonds. The number of carboxylic acids is 1. The molecule has 1 aromatic carbocycles. The quantitative estimate of drug-likeness (QED) is 0.881. The number of allylic oxidation sites excluding steroid dienone is 1. The van der Waals surface area contributed by atoms with E-state index in [0.29, 0.717) is 28.2 Å². The number of rotatable bonds is 3. The predicted molar refractivity (Wildman–Crippen MR) is 97.2 cm³/mol. The van der Waals surface area contributed by atoms with Crippen LogP contribution in [0.15, 0.2) is 47.2 Å². The van der Waals surface area contributed by atoms with Crippen LogP contribution in [0.3, 0.4) is 0 Å². The molecule has 0 radical (unpaired) electrons. The van der Waals surface area contributed by atoms with E-state index >= 15 is 0 Å². The Hall–Kier alpha value is -2.73. The van der Waals surface area contributed by atoms with Crippen LogP contribution in [0.4, 0.5) is 5.69 Å². The maximum Gasteiger partial charge on any atom is 0.341 e. The first-order valence-corrected chi connectivity index (χ1v) is 8.36. The van der Waals surface area contributed by atoms with Crippen molar-refractivity contribution in [3.63, 3.8) is 0 Å². The van der Waals surface area contributed by atoms with Crippen LogP contribution < -0.4 is 16.1 Å². The normalized spacial score (nSPS) is 17.0. The number of pyridine rings is 1. The first kappa shape index (κ1) is 15.8. The minimum Gasteiger partial charge on any atom is -0.477 e. The highest BCUT2D eigenvalue weighted by Crippen LogP contribution is 2.41. The minimum absolute atomic E-state index is 0.177. The molecular weight excluding hydrogens is 342 g/mol. The van der Waals surface area contributed by atoms with Gasteiger partial charge in [0.15, 0.2) is 0 Å². The van der Waals surface area contributed by atoms with Gasteiger partial charge in [-0.15, -0.1) is 0 Å². The van der Waals surface area contributed by atoms with Crippen molar-refractivity contribution in [2.45, 2.75) is 18.9 Å². The molecule has 2 aliphatic rings. The topological polar surface area (TPSA) is 88.6 Å². The molecule has 0 spiro atoms. The number of carboxylic acid groups (broad SMARTS) is 1. The van der Waals surface area contributed by atoms with Crippen LogP contribution in [0.2, 0.25) is 5.02 Å². The van der Waals surface area contributed by atoms with Crippen LogP contribution in [-0.2, 0) is 0 Å². The second-order valence-electron chi connectivity index (χ2n) is 6.29. The Labute approximate surface area is 148 Å². The lowest BCUT2D eigenvalue weighted by atomic mass is 10.1. The third kappa shape index (κ3) is 2.59. The number of nitrogens with two attached hydrogens (primary N) is 1. The van der Waals surface area contributed by atoms with E-state index in [1.54, 1.807) is 18.3 Å². The summed E-state index contributed by atoms with van der Waals surface area (Å²) in [6.45, 7) is 0.618. The van der Waals surface area contributed by atoms with Gasteiger partial charge >= 0.3 is 5.97 Å². The van der Waals surface area contributed by atoms with Crippen molar-refractivity contribution in [2.24, 2.45) is 5.73 Å². The Morgan fingerprint density at radius 2 is 2.08 bits per heavy atom. The molecule has 2 aromatic rings. The van der Waals surface area contributed by atoms with Crippen LogP contribution in [0, 0.1) is 0 Å². The maximum atomic E-state index is 12.5. The average Bonchev–Trinajstić information content (AvgIpc) is 3.40. The predicted octanol–water partition coefficient (Wildman–Crippen LogP) is 2.86. The molecule has 128 valence electrons. The van der Waals surface area contributed by atoms with Gasteiger partial charge in [0, 0.05) is 36.1 Å². The van der Waals surface area contributed by atoms with E-state index in [9.17, 15) is 14.7 Å². The molecule has 4 rings (SSSR count). The summed E-state index contributed by atoms with van der Waals surface area (Å²) < 4.78 is 1.83. The van der Waals surface area contributed by atoms with E-state index < -0.39 is 11.4 Å². The van der Waals surface area contributed by atoms with Gasteiger partial charge in [-0.25, -0.2) is 4.79 Å². The van der Waals surface area contributed by atoms with E-state index in [-0.39, 0.29) is 11.6 Å². The van der Waals surface area contributed by atoms with Crippen molar-refractivity contribution in [1.82, 2.24) is 4.57 Å². The molecule has 6 nitrogen and oxygen atoms in total. The van der Waals surface area contributed by atoms with Gasteiger partial charge in [-0.3, -0.25) is 4.79 Å². The van der Waals surface area contributed by atoms with Crippen LogP contribution in [0.1, 0.15) is 29.2 Å². The molecule has 3 N–H and O–H groups in total. The number of hydrogen-bond acceptors (Lipinski definition) is 4. The molecule has 0 atom stereocenters. The molecular formula is C18H16ClN3O3. The molecule has 2 heterocycles. The highest BCUT2D eigenvalue weighted by molar-refractivity contribution is 6.38. The van der Waals surface area contributed by atoms with E-state index in [0.717, 1.165) is 18.5 Å². The first-order chi connectivity index (χ1) is 12.0. The molecule has 1 aromatic heterocycles. The molecule has 1 aliphatic carbocycles. The summed E-state index contributed by atoms with van der Waals surface area (Å²) in [5.41, 5.74) is 7.05. The first-order valence-electron chi connectivity index (χ1n) is 7.98. The maximum absolute atomic E-state index is 12.5. The van der Waals surface area contributed by atoms with Gasteiger partial charge in [0.05, 0.1) is 16.2 Å². The zero-order valence-electron chi connectivity index (χ0n) is 13.3. The molecule has 25 heavy (non-hydrogen) atoms. The van der Waals surface area contributed by atoms with Crippen LogP contribution >= 0.6 is 11.6 Å². The standard InChI is InChI=1S/C18H16ClN3O3/c19-15-14(21-7-1-2-10(20)8-21)6-5-12-16(15)22(11-3-4-11)9-13(17(12)23)18(24)25/h1-2,5-6,8-9,11H,3-4,7,20H2,(H,24,25). The largest absolute Gasteiger partial charge is 0.477 e. The van der Waals surface area contributed by atoms with Gasteiger partial charge in [0.2, 0.25) is 5.43 Å². The number of anilines is 1. The second kappa shape index (κ2) is 5.67. The number of aromatic carboxylic acids is 1. The smallest absolute Gasteiger partial charge is 0.341 e. The summed E-state index contributed by atoms with van der Waals surface area (Å²) in [7, 11) is 0. The number of nitrogens with zero attached hydrogens (tertiary/aromatic N) is 2. The van der Waals surface area contributed by atoms with Crippen molar-refractivity contribution in [2.75, 3.05) is 11.4 Å². The number of halogens is 1. The zero-order chi connectivity index (χ0) is 17.7. The molecule has 0 bridgehead atoms. The van der Waals surface area contributed by atoms with E-state index in [1.165, 1.54) is 6.20 Å². The van der Waals surface area contributed by atoms with Crippen LogP contribution in [-0.4, -0.2) is 22.2 Å². The Bertz CT molecular complexity index is 1020. The number of hydrogen-bond donors (Lipinski definition) is 2. The monoisotopic (exact) mass is 357 g/mol. The Morgan fingerprint density at radius 3 is 2.72 bits per heavy atom. The highest BCUT2D eigenvalue weighted by Gasteiger charge is 2.28. The van der Waals surface area contributed by atoms with Gasteiger partial charge in [-0.2, -0.15) is 0 Å². The van der Waals surface area contributed by atoms with Gasteiger partial charge in [0.1, 0.15) is 5.56 Å². The van der Waals surface area contributed by atoms with Crippen molar-refractivity contribution >= 4 is 34.2 Å². The summed E-state index contributed by atoms with van der Waals surface area (Å²) in [6.07, 6.45) is 8.84. The number of carbonyl (C=O) groups is 1. The van der Waals surface area contributed by atoms with E-state index in [1.807, 2.05) is 21.6 Å². The second-order valence-corrected chi connectivity index (χ2v) is 6.67. The highest BCUT2D eigenvalue weighted by atomic mass is 35.5. The lowest BCUT2D eigenvalue weighted by Gasteiger charge is -2.24. The number of aromatic nitrogens is 1. The van der Waals surface area contributed by atoms with Gasteiger partial charge in [-0.1, -0.05) is 17.7 Å². The number of benzene rings is 1. The molecule has 1 aliphatic heterocycles. The third-order valence-corrected chi connectivity index (χ3v) is 4.88. The van der Waals surface area contributed by atoms with Crippen LogP contribution in [0.25, 0.3) is 10.9 Å². The summed E-state index contributed by atoms with van der Waals surface area (Å²) in [6, 6.07) is 3.56. The molecule has 1 saturated carbocycles. The summed E-state index contributed by atoms with van der Waals surface area (Å²) in [5.74, 6) is -1.22. The van der Waals surface area contributed by atoms with Crippen molar-refractivity contribution in [3.05, 3.63) is 63.2 Å². The number of fused-ring (bicyclic) bond motifs is 1. The Balaban J connectivity index is 1.99. The van der Waals surface area contributed by atoms with E-state index in [4.69, 9.17) is 17.3 Å². The average molecular weight is 358 g/mol.